The molecule has 1 amide bonds. The highest BCUT2D eigenvalue weighted by Gasteiger charge is 2.12. The number of amides is 1. The van der Waals surface area contributed by atoms with Gasteiger partial charge in [0, 0.05) is 13.0 Å². The fourth-order valence-corrected chi connectivity index (χ4v) is 1.29. The van der Waals surface area contributed by atoms with Gasteiger partial charge < -0.3 is 14.8 Å². The van der Waals surface area contributed by atoms with Gasteiger partial charge in [-0.2, -0.15) is 0 Å². The summed E-state index contributed by atoms with van der Waals surface area (Å²) in [5, 5.41) is 11.1. The standard InChI is InChI=1S/C10H14N2O4/c1-6(3-10(14)15)11-9(13)4-8-5-16-7(2)12-8/h5-6H,3-4H2,1-2H3,(H,11,13)(H,14,15). The molecule has 2 N–H and O–H groups in total. The maximum absolute atomic E-state index is 11.4. The van der Waals surface area contributed by atoms with E-state index >= 15 is 0 Å². The Morgan fingerprint density at radius 1 is 1.62 bits per heavy atom. The van der Waals surface area contributed by atoms with Crippen LogP contribution in [-0.4, -0.2) is 28.0 Å². The molecule has 0 aliphatic rings. The normalized spacial score (nSPS) is 12.1. The quantitative estimate of drug-likeness (QED) is 0.762. The van der Waals surface area contributed by atoms with Crippen molar-refractivity contribution >= 4 is 11.9 Å². The van der Waals surface area contributed by atoms with Crippen molar-refractivity contribution in [3.05, 3.63) is 17.8 Å². The zero-order chi connectivity index (χ0) is 12.1. The Hall–Kier alpha value is -1.85. The lowest BCUT2D eigenvalue weighted by Gasteiger charge is -2.10. The molecule has 0 spiro atoms. The van der Waals surface area contributed by atoms with Crippen molar-refractivity contribution in [2.45, 2.75) is 32.7 Å². The number of carboxylic acids is 1. The third-order valence-corrected chi connectivity index (χ3v) is 1.90. The minimum atomic E-state index is -0.940. The van der Waals surface area contributed by atoms with Crippen LogP contribution < -0.4 is 5.32 Å². The first kappa shape index (κ1) is 12.2. The average molecular weight is 226 g/mol. The lowest BCUT2D eigenvalue weighted by molar-refractivity contribution is -0.137. The Morgan fingerprint density at radius 3 is 2.81 bits per heavy atom. The zero-order valence-electron chi connectivity index (χ0n) is 9.19. The predicted molar refractivity (Wildman–Crippen MR) is 54.8 cm³/mol. The minimum Gasteiger partial charge on any atom is -0.481 e. The number of rotatable bonds is 5. The number of carbonyl (C=O) groups is 2. The van der Waals surface area contributed by atoms with E-state index in [0.717, 1.165) is 0 Å². The number of aryl methyl sites for hydroxylation is 1. The number of aromatic nitrogens is 1. The molecule has 1 aromatic heterocycles. The summed E-state index contributed by atoms with van der Waals surface area (Å²) < 4.78 is 4.95. The summed E-state index contributed by atoms with van der Waals surface area (Å²) in [4.78, 5) is 25.8. The molecule has 6 nitrogen and oxygen atoms in total. The molecule has 88 valence electrons. The molecular weight excluding hydrogens is 212 g/mol. The van der Waals surface area contributed by atoms with Crippen LogP contribution in [-0.2, 0) is 16.0 Å². The Bertz CT molecular complexity index is 386. The number of oxazole rings is 1. The van der Waals surface area contributed by atoms with E-state index in [1.54, 1.807) is 13.8 Å². The fraction of sp³-hybridized carbons (Fsp3) is 0.500. The summed E-state index contributed by atoms with van der Waals surface area (Å²) in [6.45, 7) is 3.33. The molecule has 6 heteroatoms. The van der Waals surface area contributed by atoms with Crippen LogP contribution in [0.25, 0.3) is 0 Å². The zero-order valence-corrected chi connectivity index (χ0v) is 9.19. The molecule has 0 aliphatic heterocycles. The molecule has 1 rings (SSSR count). The average Bonchev–Trinajstić information content (AvgIpc) is 2.48. The molecule has 1 unspecified atom stereocenters. The van der Waals surface area contributed by atoms with E-state index in [1.165, 1.54) is 6.26 Å². The molecule has 0 aromatic carbocycles. The number of carbonyl (C=O) groups excluding carboxylic acids is 1. The van der Waals surface area contributed by atoms with Crippen molar-refractivity contribution < 1.29 is 19.1 Å². The summed E-state index contributed by atoms with van der Waals surface area (Å²) in [5.41, 5.74) is 0.539. The first-order chi connectivity index (χ1) is 7.47. The fourth-order valence-electron chi connectivity index (χ4n) is 1.29. The van der Waals surface area contributed by atoms with E-state index in [-0.39, 0.29) is 18.7 Å². The molecule has 1 heterocycles. The molecule has 0 saturated heterocycles. The number of carboxylic acid groups (broad SMARTS) is 1. The van der Waals surface area contributed by atoms with Crippen molar-refractivity contribution in [1.29, 1.82) is 0 Å². The van der Waals surface area contributed by atoms with Crippen LogP contribution in [0.4, 0.5) is 0 Å². The predicted octanol–water partition coefficient (Wildman–Crippen LogP) is 0.505. The molecule has 0 aliphatic carbocycles. The second-order valence-corrected chi connectivity index (χ2v) is 3.60. The highest BCUT2D eigenvalue weighted by Crippen LogP contribution is 2.01. The van der Waals surface area contributed by atoms with Crippen LogP contribution in [0.3, 0.4) is 0 Å². The highest BCUT2D eigenvalue weighted by molar-refractivity contribution is 5.79. The van der Waals surface area contributed by atoms with Crippen molar-refractivity contribution in [3.63, 3.8) is 0 Å². The van der Waals surface area contributed by atoms with Crippen molar-refractivity contribution in [3.8, 4) is 0 Å². The van der Waals surface area contributed by atoms with Crippen molar-refractivity contribution in [2.24, 2.45) is 0 Å². The second kappa shape index (κ2) is 5.29. The van der Waals surface area contributed by atoms with Gasteiger partial charge in [0.15, 0.2) is 5.89 Å². The van der Waals surface area contributed by atoms with Gasteiger partial charge in [0.05, 0.1) is 18.5 Å². The Morgan fingerprint density at radius 2 is 2.31 bits per heavy atom. The maximum Gasteiger partial charge on any atom is 0.305 e. The van der Waals surface area contributed by atoms with Gasteiger partial charge in [0.25, 0.3) is 0 Å². The third kappa shape index (κ3) is 4.12. The summed E-state index contributed by atoms with van der Waals surface area (Å²) in [7, 11) is 0. The monoisotopic (exact) mass is 226 g/mol. The Kier molecular flexibility index (Phi) is 4.04. The van der Waals surface area contributed by atoms with Crippen LogP contribution in [0.15, 0.2) is 10.7 Å². The SMILES string of the molecule is Cc1nc(CC(=O)NC(C)CC(=O)O)co1. The first-order valence-electron chi connectivity index (χ1n) is 4.89. The lowest BCUT2D eigenvalue weighted by atomic mass is 10.2. The number of nitrogens with one attached hydrogen (secondary N) is 1. The molecule has 0 fully saturated rings. The molecule has 0 saturated carbocycles. The van der Waals surface area contributed by atoms with Crippen LogP contribution in [0, 0.1) is 6.92 Å². The minimum absolute atomic E-state index is 0.0937. The number of aliphatic carboxylic acids is 1. The maximum atomic E-state index is 11.4. The van der Waals surface area contributed by atoms with Crippen LogP contribution in [0.1, 0.15) is 24.9 Å². The van der Waals surface area contributed by atoms with E-state index in [1.807, 2.05) is 0 Å². The summed E-state index contributed by atoms with van der Waals surface area (Å²) in [6.07, 6.45) is 1.42. The van der Waals surface area contributed by atoms with Gasteiger partial charge in [0.1, 0.15) is 6.26 Å². The Balaban J connectivity index is 2.38. The topological polar surface area (TPSA) is 92.4 Å². The van der Waals surface area contributed by atoms with Gasteiger partial charge in [-0.05, 0) is 6.92 Å². The van der Waals surface area contributed by atoms with Crippen molar-refractivity contribution in [1.82, 2.24) is 10.3 Å². The number of nitrogens with zero attached hydrogens (tertiary/aromatic N) is 1. The van der Waals surface area contributed by atoms with Gasteiger partial charge in [-0.15, -0.1) is 0 Å². The van der Waals surface area contributed by atoms with E-state index in [4.69, 9.17) is 9.52 Å². The third-order valence-electron chi connectivity index (χ3n) is 1.90. The van der Waals surface area contributed by atoms with Gasteiger partial charge >= 0.3 is 5.97 Å². The number of hydrogen-bond donors (Lipinski definition) is 2. The second-order valence-electron chi connectivity index (χ2n) is 3.60. The van der Waals surface area contributed by atoms with E-state index in [2.05, 4.69) is 10.3 Å². The van der Waals surface area contributed by atoms with Gasteiger partial charge in [-0.3, -0.25) is 9.59 Å². The first-order valence-corrected chi connectivity index (χ1v) is 4.89. The molecule has 0 radical (unpaired) electrons. The molecule has 1 atom stereocenters. The van der Waals surface area contributed by atoms with E-state index in [0.29, 0.717) is 11.6 Å². The number of hydrogen-bond acceptors (Lipinski definition) is 4. The van der Waals surface area contributed by atoms with Crippen LogP contribution >= 0.6 is 0 Å². The molecule has 0 bridgehead atoms. The van der Waals surface area contributed by atoms with Gasteiger partial charge in [-0.25, -0.2) is 4.98 Å². The summed E-state index contributed by atoms with van der Waals surface area (Å²) in [6, 6.07) is -0.391. The van der Waals surface area contributed by atoms with Crippen LogP contribution in [0.2, 0.25) is 0 Å². The largest absolute Gasteiger partial charge is 0.481 e. The van der Waals surface area contributed by atoms with E-state index in [9.17, 15) is 9.59 Å². The molecular formula is C10H14N2O4. The van der Waals surface area contributed by atoms with Gasteiger partial charge in [-0.1, -0.05) is 0 Å². The van der Waals surface area contributed by atoms with Gasteiger partial charge in [0.2, 0.25) is 5.91 Å². The molecule has 16 heavy (non-hydrogen) atoms. The lowest BCUT2D eigenvalue weighted by Crippen LogP contribution is -2.35. The smallest absolute Gasteiger partial charge is 0.305 e. The van der Waals surface area contributed by atoms with Crippen LogP contribution in [0.5, 0.6) is 0 Å². The van der Waals surface area contributed by atoms with Crippen molar-refractivity contribution in [2.75, 3.05) is 0 Å². The Labute approximate surface area is 92.7 Å². The highest BCUT2D eigenvalue weighted by atomic mass is 16.4. The molecule has 1 aromatic rings. The summed E-state index contributed by atoms with van der Waals surface area (Å²) >= 11 is 0. The van der Waals surface area contributed by atoms with E-state index < -0.39 is 12.0 Å². The summed E-state index contributed by atoms with van der Waals surface area (Å²) in [5.74, 6) is -0.700.